The Labute approximate surface area is 158 Å². The maximum atomic E-state index is 5.35. The summed E-state index contributed by atoms with van der Waals surface area (Å²) in [5, 5.41) is 7.74. The van der Waals surface area contributed by atoms with Gasteiger partial charge in [-0.25, -0.2) is 4.98 Å². The molecule has 0 unspecified atom stereocenters. The Hall–Kier alpha value is -1.35. The number of ether oxygens (including phenoxy) is 1. The van der Waals surface area contributed by atoms with E-state index in [-0.39, 0.29) is 24.0 Å². The number of halogens is 1. The first-order chi connectivity index (χ1) is 10.7. The molecule has 0 spiro atoms. The topological polar surface area (TPSA) is 58.5 Å². The van der Waals surface area contributed by atoms with Crippen LogP contribution < -0.4 is 15.4 Å². The van der Waals surface area contributed by atoms with Crippen LogP contribution >= 0.6 is 35.3 Å². The molecule has 0 aliphatic rings. The fraction of sp³-hybridized carbons (Fsp3) is 0.375. The van der Waals surface area contributed by atoms with Crippen LogP contribution in [0.15, 0.2) is 35.5 Å². The zero-order chi connectivity index (χ0) is 15.8. The molecule has 0 amide bonds. The van der Waals surface area contributed by atoms with Gasteiger partial charge in [-0.05, 0) is 13.0 Å². The third kappa shape index (κ3) is 6.34. The summed E-state index contributed by atoms with van der Waals surface area (Å²) in [7, 11) is 3.45. The van der Waals surface area contributed by atoms with Gasteiger partial charge >= 0.3 is 0 Å². The second kappa shape index (κ2) is 10.4. The molecule has 1 heterocycles. The van der Waals surface area contributed by atoms with Crippen LogP contribution in [0.25, 0.3) is 0 Å². The normalized spacial score (nSPS) is 10.8. The molecule has 0 saturated carbocycles. The van der Waals surface area contributed by atoms with Crippen LogP contribution in [0.5, 0.6) is 5.75 Å². The number of guanidine groups is 1. The van der Waals surface area contributed by atoms with Crippen molar-refractivity contribution in [2.24, 2.45) is 4.99 Å². The number of benzene rings is 1. The first-order valence-corrected chi connectivity index (χ1v) is 8.02. The summed E-state index contributed by atoms with van der Waals surface area (Å²) in [5.74, 6) is 1.66. The SMILES string of the molecule is CN=C(NCCc1ncc(C)s1)NCc1ccccc1OC.I. The summed E-state index contributed by atoms with van der Waals surface area (Å²) in [6.07, 6.45) is 2.81. The third-order valence-electron chi connectivity index (χ3n) is 3.16. The highest BCUT2D eigenvalue weighted by Crippen LogP contribution is 2.16. The number of methoxy groups -OCH3 is 1. The molecule has 2 rings (SSSR count). The maximum absolute atomic E-state index is 5.35. The Morgan fingerprint density at radius 2 is 2.09 bits per heavy atom. The van der Waals surface area contributed by atoms with E-state index in [2.05, 4.69) is 27.5 Å². The molecule has 126 valence electrons. The zero-order valence-electron chi connectivity index (χ0n) is 13.6. The molecule has 5 nitrogen and oxygen atoms in total. The lowest BCUT2D eigenvalue weighted by Crippen LogP contribution is -2.37. The van der Waals surface area contributed by atoms with Crippen LogP contribution in [-0.4, -0.2) is 31.6 Å². The van der Waals surface area contributed by atoms with Crippen LogP contribution in [0.4, 0.5) is 0 Å². The fourth-order valence-electron chi connectivity index (χ4n) is 2.05. The number of rotatable bonds is 6. The molecular weight excluding hydrogens is 423 g/mol. The molecule has 0 saturated heterocycles. The van der Waals surface area contributed by atoms with Crippen molar-refractivity contribution in [2.75, 3.05) is 20.7 Å². The first kappa shape index (κ1) is 19.7. The Kier molecular flexibility index (Phi) is 8.93. The van der Waals surface area contributed by atoms with Gasteiger partial charge in [0, 0.05) is 43.2 Å². The molecular formula is C16H23IN4OS. The van der Waals surface area contributed by atoms with E-state index in [1.165, 1.54) is 4.88 Å². The van der Waals surface area contributed by atoms with Crippen molar-refractivity contribution in [3.05, 3.63) is 45.9 Å². The Morgan fingerprint density at radius 3 is 2.74 bits per heavy atom. The molecule has 0 aliphatic heterocycles. The minimum atomic E-state index is 0. The molecule has 0 radical (unpaired) electrons. The maximum Gasteiger partial charge on any atom is 0.191 e. The fourth-order valence-corrected chi connectivity index (χ4v) is 2.84. The summed E-state index contributed by atoms with van der Waals surface area (Å²) in [4.78, 5) is 9.83. The number of nitrogens with one attached hydrogen (secondary N) is 2. The smallest absolute Gasteiger partial charge is 0.191 e. The lowest BCUT2D eigenvalue weighted by atomic mass is 10.2. The van der Waals surface area contributed by atoms with Gasteiger partial charge in [-0.3, -0.25) is 4.99 Å². The molecule has 0 bridgehead atoms. The molecule has 0 atom stereocenters. The van der Waals surface area contributed by atoms with Crippen molar-refractivity contribution in [3.63, 3.8) is 0 Å². The number of hydrogen-bond acceptors (Lipinski definition) is 4. The van der Waals surface area contributed by atoms with Gasteiger partial charge < -0.3 is 15.4 Å². The number of aryl methyl sites for hydroxylation is 1. The van der Waals surface area contributed by atoms with Crippen LogP contribution in [0.3, 0.4) is 0 Å². The summed E-state index contributed by atoms with van der Waals surface area (Å²) in [6.45, 7) is 3.54. The summed E-state index contributed by atoms with van der Waals surface area (Å²) >= 11 is 1.73. The third-order valence-corrected chi connectivity index (χ3v) is 4.14. The molecule has 0 aliphatic carbocycles. The average Bonchev–Trinajstić information content (AvgIpc) is 2.96. The number of hydrogen-bond donors (Lipinski definition) is 2. The van der Waals surface area contributed by atoms with Crippen molar-refractivity contribution in [1.82, 2.24) is 15.6 Å². The second-order valence-electron chi connectivity index (χ2n) is 4.78. The molecule has 2 N–H and O–H groups in total. The van der Waals surface area contributed by atoms with Crippen LogP contribution in [-0.2, 0) is 13.0 Å². The highest BCUT2D eigenvalue weighted by molar-refractivity contribution is 14.0. The average molecular weight is 446 g/mol. The van der Waals surface area contributed by atoms with Gasteiger partial charge in [0.1, 0.15) is 5.75 Å². The predicted octanol–water partition coefficient (Wildman–Crippen LogP) is 2.99. The van der Waals surface area contributed by atoms with E-state index in [1.54, 1.807) is 25.5 Å². The predicted molar refractivity (Wildman–Crippen MR) is 107 cm³/mol. The van der Waals surface area contributed by atoms with E-state index in [9.17, 15) is 0 Å². The Morgan fingerprint density at radius 1 is 1.30 bits per heavy atom. The standard InChI is InChI=1S/C16H22N4OS.HI/c1-12-10-19-15(22-12)8-9-18-16(17-2)20-11-13-6-4-5-7-14(13)21-3;/h4-7,10H,8-9,11H2,1-3H3,(H2,17,18,20);1H. The van der Waals surface area contributed by atoms with Gasteiger partial charge in [-0.15, -0.1) is 35.3 Å². The molecule has 1 aromatic heterocycles. The lowest BCUT2D eigenvalue weighted by molar-refractivity contribution is 0.409. The zero-order valence-corrected chi connectivity index (χ0v) is 16.8. The monoisotopic (exact) mass is 446 g/mol. The molecule has 0 fully saturated rings. The summed E-state index contributed by atoms with van der Waals surface area (Å²) in [6, 6.07) is 7.96. The van der Waals surface area contributed by atoms with Gasteiger partial charge in [0.15, 0.2) is 5.96 Å². The van der Waals surface area contributed by atoms with E-state index >= 15 is 0 Å². The second-order valence-corrected chi connectivity index (χ2v) is 6.10. The van der Waals surface area contributed by atoms with Crippen molar-refractivity contribution in [3.8, 4) is 5.75 Å². The van der Waals surface area contributed by atoms with E-state index in [0.717, 1.165) is 35.2 Å². The van der Waals surface area contributed by atoms with E-state index < -0.39 is 0 Å². The van der Waals surface area contributed by atoms with Gasteiger partial charge in [-0.1, -0.05) is 18.2 Å². The highest BCUT2D eigenvalue weighted by atomic mass is 127. The molecule has 2 aromatic rings. The molecule has 7 heteroatoms. The lowest BCUT2D eigenvalue weighted by Gasteiger charge is -2.13. The number of nitrogens with zero attached hydrogens (tertiary/aromatic N) is 2. The van der Waals surface area contributed by atoms with Crippen molar-refractivity contribution in [2.45, 2.75) is 19.9 Å². The summed E-state index contributed by atoms with van der Waals surface area (Å²) < 4.78 is 5.35. The highest BCUT2D eigenvalue weighted by Gasteiger charge is 2.04. The number of aliphatic imine (C=N–C) groups is 1. The molecule has 23 heavy (non-hydrogen) atoms. The first-order valence-electron chi connectivity index (χ1n) is 7.20. The van der Waals surface area contributed by atoms with E-state index in [0.29, 0.717) is 6.54 Å². The van der Waals surface area contributed by atoms with Crippen molar-refractivity contribution < 1.29 is 4.74 Å². The molecule has 1 aromatic carbocycles. The minimum absolute atomic E-state index is 0. The number of para-hydroxylation sites is 1. The summed E-state index contributed by atoms with van der Waals surface area (Å²) in [5.41, 5.74) is 1.10. The van der Waals surface area contributed by atoms with E-state index in [1.807, 2.05) is 30.5 Å². The Balaban J connectivity index is 0.00000264. The Bertz CT molecular complexity index is 630. The minimum Gasteiger partial charge on any atom is -0.496 e. The van der Waals surface area contributed by atoms with Gasteiger partial charge in [-0.2, -0.15) is 0 Å². The van der Waals surface area contributed by atoms with E-state index in [4.69, 9.17) is 4.74 Å². The van der Waals surface area contributed by atoms with Gasteiger partial charge in [0.2, 0.25) is 0 Å². The van der Waals surface area contributed by atoms with Crippen molar-refractivity contribution in [1.29, 1.82) is 0 Å². The van der Waals surface area contributed by atoms with Crippen LogP contribution in [0.2, 0.25) is 0 Å². The van der Waals surface area contributed by atoms with Gasteiger partial charge in [0.25, 0.3) is 0 Å². The number of thiazole rings is 1. The quantitative estimate of drug-likeness (QED) is 0.407. The van der Waals surface area contributed by atoms with Gasteiger partial charge in [0.05, 0.1) is 12.1 Å². The van der Waals surface area contributed by atoms with Crippen LogP contribution in [0, 0.1) is 6.92 Å². The van der Waals surface area contributed by atoms with Crippen molar-refractivity contribution >= 4 is 41.3 Å². The number of aromatic nitrogens is 1. The van der Waals surface area contributed by atoms with Crippen LogP contribution in [0.1, 0.15) is 15.4 Å². The largest absolute Gasteiger partial charge is 0.496 e.